The lowest BCUT2D eigenvalue weighted by Crippen LogP contribution is -2.35. The molecule has 1 aromatic heterocycles. The summed E-state index contributed by atoms with van der Waals surface area (Å²) in [4.78, 5) is 32.5. The molecule has 142 valence electrons. The Balaban J connectivity index is 1.56. The van der Waals surface area contributed by atoms with Gasteiger partial charge in [0.2, 0.25) is 5.91 Å². The van der Waals surface area contributed by atoms with Crippen molar-refractivity contribution in [2.45, 2.75) is 44.4 Å². The van der Waals surface area contributed by atoms with Crippen LogP contribution in [-0.2, 0) is 9.59 Å². The van der Waals surface area contributed by atoms with Gasteiger partial charge in [-0.05, 0) is 43.6 Å². The quantitative estimate of drug-likeness (QED) is 0.874. The topological polar surface area (TPSA) is 73.7 Å². The highest BCUT2D eigenvalue weighted by molar-refractivity contribution is 5.79. The van der Waals surface area contributed by atoms with Crippen LogP contribution < -0.4 is 0 Å². The monoisotopic (exact) mass is 359 g/mol. The molecular formula is C20H29N3O3. The van der Waals surface area contributed by atoms with Gasteiger partial charge in [0, 0.05) is 44.4 Å². The van der Waals surface area contributed by atoms with E-state index in [1.54, 1.807) is 17.3 Å². The SMILES string of the molecule is O=C(O)[C@@H]1CN(C(=O)CCN2CCCCCCC2)C[C@H]1c1ccncc1. The summed E-state index contributed by atoms with van der Waals surface area (Å²) in [5.74, 6) is -1.44. The average Bonchev–Trinajstić information content (AvgIpc) is 3.07. The summed E-state index contributed by atoms with van der Waals surface area (Å²) in [6.45, 7) is 3.73. The highest BCUT2D eigenvalue weighted by atomic mass is 16.4. The van der Waals surface area contributed by atoms with Crippen molar-refractivity contribution in [1.82, 2.24) is 14.8 Å². The zero-order valence-corrected chi connectivity index (χ0v) is 15.3. The summed E-state index contributed by atoms with van der Waals surface area (Å²) < 4.78 is 0. The van der Waals surface area contributed by atoms with E-state index in [1.165, 1.54) is 32.1 Å². The van der Waals surface area contributed by atoms with Crippen LogP contribution in [0, 0.1) is 5.92 Å². The van der Waals surface area contributed by atoms with Crippen molar-refractivity contribution in [2.75, 3.05) is 32.7 Å². The van der Waals surface area contributed by atoms with Gasteiger partial charge < -0.3 is 14.9 Å². The molecule has 0 aromatic carbocycles. The van der Waals surface area contributed by atoms with E-state index in [-0.39, 0.29) is 11.8 Å². The summed E-state index contributed by atoms with van der Waals surface area (Å²) in [5, 5.41) is 9.57. The number of rotatable bonds is 5. The minimum atomic E-state index is -0.828. The van der Waals surface area contributed by atoms with Gasteiger partial charge in [-0.2, -0.15) is 0 Å². The molecule has 0 aliphatic carbocycles. The number of nitrogens with zero attached hydrogens (tertiary/aromatic N) is 3. The van der Waals surface area contributed by atoms with Crippen LogP contribution in [-0.4, -0.2) is 64.5 Å². The van der Waals surface area contributed by atoms with Crippen molar-refractivity contribution in [3.8, 4) is 0 Å². The van der Waals surface area contributed by atoms with Gasteiger partial charge in [-0.1, -0.05) is 19.3 Å². The maximum Gasteiger partial charge on any atom is 0.308 e. The van der Waals surface area contributed by atoms with E-state index in [0.717, 1.165) is 25.2 Å². The Labute approximate surface area is 155 Å². The van der Waals surface area contributed by atoms with E-state index in [4.69, 9.17) is 0 Å². The minimum Gasteiger partial charge on any atom is -0.481 e. The van der Waals surface area contributed by atoms with Gasteiger partial charge in [0.1, 0.15) is 0 Å². The third-order valence-electron chi connectivity index (χ3n) is 5.71. The Bertz CT molecular complexity index is 600. The first kappa shape index (κ1) is 18.8. The summed E-state index contributed by atoms with van der Waals surface area (Å²) >= 11 is 0. The van der Waals surface area contributed by atoms with E-state index in [0.29, 0.717) is 19.5 Å². The summed E-state index contributed by atoms with van der Waals surface area (Å²) in [7, 11) is 0. The smallest absolute Gasteiger partial charge is 0.308 e. The normalized spacial score (nSPS) is 24.8. The van der Waals surface area contributed by atoms with E-state index in [9.17, 15) is 14.7 Å². The van der Waals surface area contributed by atoms with E-state index in [2.05, 4.69) is 9.88 Å². The largest absolute Gasteiger partial charge is 0.481 e. The van der Waals surface area contributed by atoms with Crippen LogP contribution in [0.1, 0.15) is 50.0 Å². The highest BCUT2D eigenvalue weighted by Gasteiger charge is 2.40. The molecule has 3 heterocycles. The molecule has 2 saturated heterocycles. The molecule has 1 aromatic rings. The highest BCUT2D eigenvalue weighted by Crippen LogP contribution is 2.33. The first-order valence-electron chi connectivity index (χ1n) is 9.78. The third kappa shape index (κ3) is 4.81. The molecule has 2 aliphatic heterocycles. The van der Waals surface area contributed by atoms with Crippen molar-refractivity contribution in [1.29, 1.82) is 0 Å². The number of carboxylic acids is 1. The zero-order valence-electron chi connectivity index (χ0n) is 15.3. The van der Waals surface area contributed by atoms with Crippen LogP contribution >= 0.6 is 0 Å². The summed E-state index contributed by atoms with van der Waals surface area (Å²) in [5.41, 5.74) is 0.950. The maximum absolute atomic E-state index is 12.7. The number of carbonyl (C=O) groups is 2. The van der Waals surface area contributed by atoms with Gasteiger partial charge in [-0.15, -0.1) is 0 Å². The van der Waals surface area contributed by atoms with E-state index in [1.807, 2.05) is 12.1 Å². The Morgan fingerprint density at radius 1 is 1.04 bits per heavy atom. The number of carboxylic acid groups (broad SMARTS) is 1. The molecule has 2 aliphatic rings. The van der Waals surface area contributed by atoms with E-state index >= 15 is 0 Å². The predicted molar refractivity (Wildman–Crippen MR) is 98.8 cm³/mol. The second kappa shape index (κ2) is 9.12. The molecule has 2 atom stereocenters. The number of pyridine rings is 1. The number of hydrogen-bond donors (Lipinski definition) is 1. The van der Waals surface area contributed by atoms with Crippen molar-refractivity contribution >= 4 is 11.9 Å². The Morgan fingerprint density at radius 3 is 2.35 bits per heavy atom. The van der Waals surface area contributed by atoms with Gasteiger partial charge >= 0.3 is 5.97 Å². The second-order valence-corrected chi connectivity index (χ2v) is 7.49. The lowest BCUT2D eigenvalue weighted by molar-refractivity contribution is -0.141. The molecule has 3 rings (SSSR count). The molecule has 1 amide bonds. The first-order valence-corrected chi connectivity index (χ1v) is 9.78. The first-order chi connectivity index (χ1) is 12.6. The van der Waals surface area contributed by atoms with Gasteiger partial charge in [0.15, 0.2) is 0 Å². The molecule has 0 unspecified atom stereocenters. The zero-order chi connectivity index (χ0) is 18.4. The number of likely N-dealkylation sites (tertiary alicyclic amines) is 2. The number of aliphatic carboxylic acids is 1. The average molecular weight is 359 g/mol. The van der Waals surface area contributed by atoms with Crippen LogP contribution in [0.3, 0.4) is 0 Å². The van der Waals surface area contributed by atoms with Gasteiger partial charge in [-0.3, -0.25) is 14.6 Å². The fourth-order valence-electron chi connectivity index (χ4n) is 4.15. The van der Waals surface area contributed by atoms with Gasteiger partial charge in [0.25, 0.3) is 0 Å². The third-order valence-corrected chi connectivity index (χ3v) is 5.71. The lowest BCUT2D eigenvalue weighted by atomic mass is 9.90. The Hall–Kier alpha value is -1.95. The van der Waals surface area contributed by atoms with Crippen molar-refractivity contribution in [3.05, 3.63) is 30.1 Å². The van der Waals surface area contributed by atoms with Gasteiger partial charge in [0.05, 0.1) is 5.92 Å². The molecule has 0 bridgehead atoms. The fourth-order valence-corrected chi connectivity index (χ4v) is 4.15. The molecule has 0 radical (unpaired) electrons. The second-order valence-electron chi connectivity index (χ2n) is 7.49. The van der Waals surface area contributed by atoms with Crippen LogP contribution in [0.25, 0.3) is 0 Å². The van der Waals surface area contributed by atoms with Crippen LogP contribution in [0.2, 0.25) is 0 Å². The standard InChI is InChI=1S/C20H29N3O3/c24-19(8-13-22-11-4-2-1-3-5-12-22)23-14-17(18(15-23)20(25)26)16-6-9-21-10-7-16/h6-7,9-10,17-18H,1-5,8,11-15H2,(H,25,26)/t17-,18+/m0/s1. The Morgan fingerprint density at radius 2 is 1.69 bits per heavy atom. The molecule has 6 nitrogen and oxygen atoms in total. The molecule has 2 fully saturated rings. The molecule has 1 N–H and O–H groups in total. The van der Waals surface area contributed by atoms with E-state index < -0.39 is 11.9 Å². The molecule has 0 spiro atoms. The number of amides is 1. The summed E-state index contributed by atoms with van der Waals surface area (Å²) in [6, 6.07) is 3.71. The van der Waals surface area contributed by atoms with Gasteiger partial charge in [-0.25, -0.2) is 0 Å². The molecular weight excluding hydrogens is 330 g/mol. The van der Waals surface area contributed by atoms with Crippen LogP contribution in [0.15, 0.2) is 24.5 Å². The predicted octanol–water partition coefficient (Wildman–Crippen LogP) is 2.36. The van der Waals surface area contributed by atoms with Crippen molar-refractivity contribution < 1.29 is 14.7 Å². The summed E-state index contributed by atoms with van der Waals surface area (Å²) in [6.07, 6.45) is 10.2. The lowest BCUT2D eigenvalue weighted by Gasteiger charge is -2.25. The Kier molecular flexibility index (Phi) is 6.61. The maximum atomic E-state index is 12.7. The molecule has 6 heteroatoms. The minimum absolute atomic E-state index is 0.0786. The number of carbonyl (C=O) groups excluding carboxylic acids is 1. The van der Waals surface area contributed by atoms with Crippen molar-refractivity contribution in [2.24, 2.45) is 5.92 Å². The molecule has 0 saturated carbocycles. The molecule has 26 heavy (non-hydrogen) atoms. The van der Waals surface area contributed by atoms with Crippen molar-refractivity contribution in [3.63, 3.8) is 0 Å². The van der Waals surface area contributed by atoms with Crippen LogP contribution in [0.5, 0.6) is 0 Å². The number of aromatic nitrogens is 1. The fraction of sp³-hybridized carbons (Fsp3) is 0.650. The number of hydrogen-bond acceptors (Lipinski definition) is 4. The van der Waals surface area contributed by atoms with Crippen LogP contribution in [0.4, 0.5) is 0 Å².